The first kappa shape index (κ1) is 14.0. The molecule has 3 aliphatic heterocycles. The van der Waals surface area contributed by atoms with Crippen molar-refractivity contribution in [2.24, 2.45) is 9.98 Å². The Morgan fingerprint density at radius 2 is 2.09 bits per heavy atom. The molecule has 120 valence electrons. The fourth-order valence-electron chi connectivity index (χ4n) is 3.16. The fourth-order valence-corrected chi connectivity index (χ4v) is 3.16. The van der Waals surface area contributed by atoms with Gasteiger partial charge >= 0.3 is 0 Å². The summed E-state index contributed by atoms with van der Waals surface area (Å²) in [6.07, 6.45) is 5.33. The lowest BCUT2D eigenvalue weighted by atomic mass is 10.2. The lowest BCUT2D eigenvalue weighted by Gasteiger charge is -2.37. The average Bonchev–Trinajstić information content (AvgIpc) is 3.22. The SMILES string of the molecule is C[C@@H]1CN2C=CN=C(N3CCN(C(=O)c4ccco4)CC3)C2=N1. The Morgan fingerprint density at radius 3 is 2.83 bits per heavy atom. The molecule has 0 aliphatic carbocycles. The van der Waals surface area contributed by atoms with E-state index in [0.29, 0.717) is 24.9 Å². The van der Waals surface area contributed by atoms with Crippen LogP contribution in [0.5, 0.6) is 0 Å². The fraction of sp³-hybridized carbons (Fsp3) is 0.438. The van der Waals surface area contributed by atoms with E-state index in [0.717, 1.165) is 31.3 Å². The van der Waals surface area contributed by atoms with Crippen LogP contribution < -0.4 is 0 Å². The third kappa shape index (κ3) is 2.52. The molecule has 7 heteroatoms. The molecule has 0 aromatic carbocycles. The molecule has 0 spiro atoms. The Balaban J connectivity index is 1.44. The van der Waals surface area contributed by atoms with Crippen LogP contribution in [0.15, 0.2) is 45.2 Å². The highest BCUT2D eigenvalue weighted by atomic mass is 16.3. The van der Waals surface area contributed by atoms with Crippen molar-refractivity contribution >= 4 is 17.6 Å². The summed E-state index contributed by atoms with van der Waals surface area (Å²) >= 11 is 0. The molecule has 3 aliphatic rings. The predicted octanol–water partition coefficient (Wildman–Crippen LogP) is 1.02. The monoisotopic (exact) mass is 313 g/mol. The van der Waals surface area contributed by atoms with Crippen molar-refractivity contribution in [3.8, 4) is 0 Å². The van der Waals surface area contributed by atoms with Gasteiger partial charge in [0.2, 0.25) is 0 Å². The summed E-state index contributed by atoms with van der Waals surface area (Å²) in [5, 5.41) is 0. The van der Waals surface area contributed by atoms with Crippen molar-refractivity contribution in [3.05, 3.63) is 36.6 Å². The molecule has 23 heavy (non-hydrogen) atoms. The first-order valence-corrected chi connectivity index (χ1v) is 7.89. The van der Waals surface area contributed by atoms with E-state index >= 15 is 0 Å². The Morgan fingerprint density at radius 1 is 1.26 bits per heavy atom. The van der Waals surface area contributed by atoms with Crippen LogP contribution in [0.25, 0.3) is 0 Å². The summed E-state index contributed by atoms with van der Waals surface area (Å²) in [5.41, 5.74) is 0. The molecule has 1 amide bonds. The standard InChI is InChI=1S/C16H19N5O2/c1-12-11-21-5-4-17-14(15(21)18-12)19-6-8-20(9-7-19)16(22)13-3-2-10-23-13/h2-5,10,12H,6-9,11H2,1H3/t12-/m1/s1. The quantitative estimate of drug-likeness (QED) is 0.776. The summed E-state index contributed by atoms with van der Waals surface area (Å²) in [6, 6.07) is 3.73. The number of rotatable bonds is 1. The molecule has 0 unspecified atom stereocenters. The van der Waals surface area contributed by atoms with Gasteiger partial charge in [0.25, 0.3) is 5.91 Å². The minimum atomic E-state index is -0.0476. The number of carbonyl (C=O) groups is 1. The molecule has 0 saturated carbocycles. The molecule has 1 aromatic heterocycles. The average molecular weight is 313 g/mol. The lowest BCUT2D eigenvalue weighted by Crippen LogP contribution is -2.53. The summed E-state index contributed by atoms with van der Waals surface area (Å²) < 4.78 is 5.20. The second-order valence-electron chi connectivity index (χ2n) is 5.96. The van der Waals surface area contributed by atoms with E-state index in [-0.39, 0.29) is 5.91 Å². The largest absolute Gasteiger partial charge is 0.459 e. The van der Waals surface area contributed by atoms with E-state index in [1.54, 1.807) is 12.1 Å². The van der Waals surface area contributed by atoms with Crippen molar-refractivity contribution in [2.75, 3.05) is 32.7 Å². The molecule has 0 bridgehead atoms. The van der Waals surface area contributed by atoms with Crippen LogP contribution in [-0.2, 0) is 0 Å². The van der Waals surface area contributed by atoms with Crippen LogP contribution in [0, 0.1) is 0 Å². The highest BCUT2D eigenvalue weighted by molar-refractivity contribution is 6.41. The molecule has 1 saturated heterocycles. The van der Waals surface area contributed by atoms with E-state index in [1.807, 2.05) is 17.3 Å². The zero-order valence-electron chi connectivity index (χ0n) is 13.1. The predicted molar refractivity (Wildman–Crippen MR) is 86.4 cm³/mol. The maximum Gasteiger partial charge on any atom is 0.289 e. The van der Waals surface area contributed by atoms with Gasteiger partial charge in [-0.05, 0) is 19.1 Å². The Hall–Kier alpha value is -2.57. The highest BCUT2D eigenvalue weighted by Crippen LogP contribution is 2.18. The van der Waals surface area contributed by atoms with E-state index < -0.39 is 0 Å². The maximum absolute atomic E-state index is 12.3. The second-order valence-corrected chi connectivity index (χ2v) is 5.96. The number of nitrogens with zero attached hydrogens (tertiary/aromatic N) is 5. The Bertz CT molecular complexity index is 683. The van der Waals surface area contributed by atoms with Crippen LogP contribution in [-0.4, -0.2) is 71.0 Å². The van der Waals surface area contributed by atoms with Crippen molar-refractivity contribution in [3.63, 3.8) is 0 Å². The highest BCUT2D eigenvalue weighted by Gasteiger charge is 2.32. The molecule has 1 atom stereocenters. The maximum atomic E-state index is 12.3. The smallest absolute Gasteiger partial charge is 0.289 e. The van der Waals surface area contributed by atoms with Gasteiger partial charge in [0.15, 0.2) is 17.4 Å². The number of piperazine rings is 1. The van der Waals surface area contributed by atoms with Crippen LogP contribution in [0.3, 0.4) is 0 Å². The van der Waals surface area contributed by atoms with E-state index in [4.69, 9.17) is 4.42 Å². The van der Waals surface area contributed by atoms with Gasteiger partial charge in [0, 0.05) is 45.1 Å². The van der Waals surface area contributed by atoms with Gasteiger partial charge < -0.3 is 19.1 Å². The summed E-state index contributed by atoms with van der Waals surface area (Å²) in [4.78, 5) is 27.7. The van der Waals surface area contributed by atoms with Crippen LogP contribution >= 0.6 is 0 Å². The number of fused-ring (bicyclic) bond motifs is 1. The topological polar surface area (TPSA) is 64.7 Å². The van der Waals surface area contributed by atoms with Gasteiger partial charge in [0.05, 0.1) is 12.3 Å². The number of hydrogen-bond acceptors (Lipinski definition) is 6. The first-order chi connectivity index (χ1) is 11.2. The number of amidine groups is 2. The third-order valence-electron chi connectivity index (χ3n) is 4.32. The minimum absolute atomic E-state index is 0.0476. The van der Waals surface area contributed by atoms with Crippen molar-refractivity contribution in [1.29, 1.82) is 0 Å². The number of carbonyl (C=O) groups excluding carboxylic acids is 1. The Kier molecular flexibility index (Phi) is 3.40. The zero-order chi connectivity index (χ0) is 15.8. The molecular formula is C16H19N5O2. The summed E-state index contributed by atoms with van der Waals surface area (Å²) in [6.45, 7) is 5.83. The van der Waals surface area contributed by atoms with Crippen LogP contribution in [0.1, 0.15) is 17.5 Å². The molecule has 0 N–H and O–H groups in total. The second kappa shape index (κ2) is 5.57. The summed E-state index contributed by atoms with van der Waals surface area (Å²) in [7, 11) is 0. The number of aliphatic imine (C=N–C) groups is 2. The van der Waals surface area contributed by atoms with E-state index in [2.05, 4.69) is 26.7 Å². The molecule has 4 heterocycles. The molecule has 4 rings (SSSR count). The molecule has 7 nitrogen and oxygen atoms in total. The number of hydrogen-bond donors (Lipinski definition) is 0. The van der Waals surface area contributed by atoms with Gasteiger partial charge in [-0.25, -0.2) is 4.99 Å². The molecule has 1 fully saturated rings. The molecule has 0 radical (unpaired) electrons. The van der Waals surface area contributed by atoms with Crippen molar-refractivity contribution < 1.29 is 9.21 Å². The van der Waals surface area contributed by atoms with Crippen molar-refractivity contribution in [1.82, 2.24) is 14.7 Å². The van der Waals surface area contributed by atoms with Crippen molar-refractivity contribution in [2.45, 2.75) is 13.0 Å². The Labute approximate surface area is 134 Å². The number of furan rings is 1. The first-order valence-electron chi connectivity index (χ1n) is 7.89. The van der Waals surface area contributed by atoms with Gasteiger partial charge in [-0.1, -0.05) is 0 Å². The van der Waals surface area contributed by atoms with Crippen LogP contribution in [0.2, 0.25) is 0 Å². The minimum Gasteiger partial charge on any atom is -0.459 e. The summed E-state index contributed by atoms with van der Waals surface area (Å²) in [5.74, 6) is 2.22. The van der Waals surface area contributed by atoms with E-state index in [1.165, 1.54) is 6.26 Å². The van der Waals surface area contributed by atoms with Gasteiger partial charge in [-0.15, -0.1) is 0 Å². The third-order valence-corrected chi connectivity index (χ3v) is 4.32. The number of amides is 1. The lowest BCUT2D eigenvalue weighted by molar-refractivity contribution is 0.0661. The van der Waals surface area contributed by atoms with Gasteiger partial charge in [-0.3, -0.25) is 9.79 Å². The van der Waals surface area contributed by atoms with Gasteiger partial charge in [-0.2, -0.15) is 0 Å². The van der Waals surface area contributed by atoms with Crippen LogP contribution in [0.4, 0.5) is 0 Å². The molecular weight excluding hydrogens is 294 g/mol. The normalized spacial score (nSPS) is 23.7. The zero-order valence-corrected chi connectivity index (χ0v) is 13.1. The van der Waals surface area contributed by atoms with Gasteiger partial charge in [0.1, 0.15) is 0 Å². The molecule has 1 aromatic rings. The van der Waals surface area contributed by atoms with E-state index in [9.17, 15) is 4.79 Å².